The molecule has 1 N–H and O–H groups in total. The van der Waals surface area contributed by atoms with E-state index < -0.39 is 0 Å². The second-order valence-electron chi connectivity index (χ2n) is 5.51. The molecule has 0 radical (unpaired) electrons. The Morgan fingerprint density at radius 2 is 2.26 bits per heavy atom. The van der Waals surface area contributed by atoms with Crippen molar-refractivity contribution in [3.63, 3.8) is 0 Å². The van der Waals surface area contributed by atoms with Crippen LogP contribution in [0.5, 0.6) is 0 Å². The number of nitrogens with one attached hydrogen (secondary N) is 1. The van der Waals surface area contributed by atoms with Crippen molar-refractivity contribution in [1.82, 2.24) is 19.4 Å². The van der Waals surface area contributed by atoms with E-state index in [0.717, 1.165) is 22.5 Å². The summed E-state index contributed by atoms with van der Waals surface area (Å²) in [5.41, 5.74) is 2.02. The number of hydrogen-bond acceptors (Lipinski definition) is 3. The average molecular weight is 297 g/mol. The van der Waals surface area contributed by atoms with E-state index in [-0.39, 0.29) is 5.54 Å². The van der Waals surface area contributed by atoms with Gasteiger partial charge in [0.15, 0.2) is 10.4 Å². The first kappa shape index (κ1) is 13.1. The fourth-order valence-electron chi connectivity index (χ4n) is 2.79. The smallest absolute Gasteiger partial charge is 0.179 e. The van der Waals surface area contributed by atoms with Crippen LogP contribution in [0.25, 0.3) is 11.2 Å². The molecule has 0 atom stereocenters. The molecule has 19 heavy (non-hydrogen) atoms. The molecular formula is C13H17ClN4S. The highest BCUT2D eigenvalue weighted by molar-refractivity contribution is 7.71. The van der Waals surface area contributed by atoms with Gasteiger partial charge in [-0.15, -0.1) is 0 Å². The van der Waals surface area contributed by atoms with Gasteiger partial charge in [-0.2, -0.15) is 0 Å². The fraction of sp³-hybridized carbons (Fsp3) is 0.538. The molecular weight excluding hydrogens is 280 g/mol. The van der Waals surface area contributed by atoms with Crippen molar-refractivity contribution >= 4 is 35.0 Å². The summed E-state index contributed by atoms with van der Waals surface area (Å²) < 4.78 is 2.82. The Kier molecular flexibility index (Phi) is 3.15. The quantitative estimate of drug-likeness (QED) is 0.884. The van der Waals surface area contributed by atoms with E-state index >= 15 is 0 Å². The van der Waals surface area contributed by atoms with Crippen LogP contribution < -0.4 is 0 Å². The predicted molar refractivity (Wildman–Crippen MR) is 80.2 cm³/mol. The highest BCUT2D eigenvalue weighted by Crippen LogP contribution is 2.38. The third kappa shape index (κ3) is 2.10. The Balaban J connectivity index is 2.06. The molecule has 0 amide bonds. The Morgan fingerprint density at radius 1 is 1.53 bits per heavy atom. The van der Waals surface area contributed by atoms with E-state index in [1.807, 2.05) is 6.07 Å². The second-order valence-corrected chi connectivity index (χ2v) is 6.34. The van der Waals surface area contributed by atoms with Gasteiger partial charge in [-0.25, -0.2) is 4.98 Å². The number of aromatic amines is 1. The number of nitrogens with zero attached hydrogens (tertiary/aromatic N) is 3. The third-order valence-electron chi connectivity index (χ3n) is 4.26. The van der Waals surface area contributed by atoms with Crippen molar-refractivity contribution in [1.29, 1.82) is 0 Å². The lowest BCUT2D eigenvalue weighted by atomic mass is 9.75. The van der Waals surface area contributed by atoms with E-state index in [1.165, 1.54) is 19.3 Å². The van der Waals surface area contributed by atoms with Gasteiger partial charge in [0.05, 0.1) is 10.5 Å². The molecule has 3 rings (SSSR count). The van der Waals surface area contributed by atoms with E-state index in [2.05, 4.69) is 33.5 Å². The molecule has 6 heteroatoms. The number of imidazole rings is 1. The summed E-state index contributed by atoms with van der Waals surface area (Å²) in [5.74, 6) is 0. The molecule has 0 bridgehead atoms. The molecule has 4 nitrogen and oxygen atoms in total. The highest BCUT2D eigenvalue weighted by Gasteiger charge is 2.39. The SMILES string of the molecule is CN(C)C1(Cn2c(=S)[nH]c3cc(Cl)cnc32)CCC1. The monoisotopic (exact) mass is 296 g/mol. The molecule has 0 spiro atoms. The van der Waals surface area contributed by atoms with Crippen LogP contribution in [0.1, 0.15) is 19.3 Å². The van der Waals surface area contributed by atoms with Crippen molar-refractivity contribution in [3.05, 3.63) is 22.1 Å². The molecule has 1 saturated carbocycles. The minimum atomic E-state index is 0.217. The molecule has 102 valence electrons. The zero-order valence-electron chi connectivity index (χ0n) is 11.1. The maximum atomic E-state index is 5.97. The number of aromatic nitrogens is 3. The summed E-state index contributed by atoms with van der Waals surface area (Å²) in [6.07, 6.45) is 5.38. The number of likely N-dealkylation sites (N-methyl/N-ethyl adjacent to an activating group) is 1. The summed E-state index contributed by atoms with van der Waals surface area (Å²) >= 11 is 11.4. The van der Waals surface area contributed by atoms with Crippen LogP contribution in [-0.2, 0) is 6.54 Å². The summed E-state index contributed by atoms with van der Waals surface area (Å²) in [6.45, 7) is 0.882. The summed E-state index contributed by atoms with van der Waals surface area (Å²) in [7, 11) is 4.28. The summed E-state index contributed by atoms with van der Waals surface area (Å²) in [5, 5.41) is 0.627. The van der Waals surface area contributed by atoms with Gasteiger partial charge in [-0.05, 0) is 51.6 Å². The molecule has 2 aromatic heterocycles. The second kappa shape index (κ2) is 4.58. The van der Waals surface area contributed by atoms with Crippen LogP contribution in [0.15, 0.2) is 12.3 Å². The van der Waals surface area contributed by atoms with Crippen molar-refractivity contribution < 1.29 is 0 Å². The lowest BCUT2D eigenvalue weighted by Gasteiger charge is -2.47. The molecule has 0 aromatic carbocycles. The summed E-state index contributed by atoms with van der Waals surface area (Å²) in [6, 6.07) is 1.87. The van der Waals surface area contributed by atoms with Gasteiger partial charge in [0, 0.05) is 18.3 Å². The Bertz CT molecular complexity index is 669. The largest absolute Gasteiger partial charge is 0.329 e. The molecule has 2 heterocycles. The lowest BCUT2D eigenvalue weighted by molar-refractivity contribution is 0.0430. The predicted octanol–water partition coefficient (Wildman–Crippen LogP) is 3.23. The van der Waals surface area contributed by atoms with Gasteiger partial charge in [-0.3, -0.25) is 4.57 Å². The molecule has 0 saturated heterocycles. The molecule has 2 aromatic rings. The number of fused-ring (bicyclic) bond motifs is 1. The summed E-state index contributed by atoms with van der Waals surface area (Å²) in [4.78, 5) is 9.92. The zero-order valence-corrected chi connectivity index (χ0v) is 12.7. The highest BCUT2D eigenvalue weighted by atomic mass is 35.5. The molecule has 1 aliphatic carbocycles. The average Bonchev–Trinajstić information content (AvgIpc) is 2.58. The molecule has 0 unspecified atom stereocenters. The number of halogens is 1. The van der Waals surface area contributed by atoms with Crippen LogP contribution >= 0.6 is 23.8 Å². The van der Waals surface area contributed by atoms with Crippen molar-refractivity contribution in [3.8, 4) is 0 Å². The van der Waals surface area contributed by atoms with Crippen LogP contribution in [0.4, 0.5) is 0 Å². The van der Waals surface area contributed by atoms with E-state index in [1.54, 1.807) is 6.20 Å². The molecule has 1 aliphatic rings. The first-order valence-corrected chi connectivity index (χ1v) is 7.22. The Morgan fingerprint density at radius 3 is 2.84 bits per heavy atom. The maximum absolute atomic E-state index is 5.97. The van der Waals surface area contributed by atoms with Gasteiger partial charge >= 0.3 is 0 Å². The minimum Gasteiger partial charge on any atom is -0.329 e. The zero-order chi connectivity index (χ0) is 13.6. The minimum absolute atomic E-state index is 0.217. The van der Waals surface area contributed by atoms with E-state index in [0.29, 0.717) is 5.02 Å². The topological polar surface area (TPSA) is 36.9 Å². The first-order valence-electron chi connectivity index (χ1n) is 6.43. The maximum Gasteiger partial charge on any atom is 0.179 e. The van der Waals surface area contributed by atoms with Crippen LogP contribution in [-0.4, -0.2) is 39.1 Å². The lowest BCUT2D eigenvalue weighted by Crippen LogP contribution is -2.53. The van der Waals surface area contributed by atoms with Crippen LogP contribution in [0.3, 0.4) is 0 Å². The van der Waals surface area contributed by atoms with Gasteiger partial charge in [0.2, 0.25) is 0 Å². The molecule has 0 aliphatic heterocycles. The normalized spacial score (nSPS) is 17.9. The van der Waals surface area contributed by atoms with Crippen molar-refractivity contribution in [2.45, 2.75) is 31.3 Å². The fourth-order valence-corrected chi connectivity index (χ4v) is 3.21. The van der Waals surface area contributed by atoms with Crippen molar-refractivity contribution in [2.24, 2.45) is 0 Å². The van der Waals surface area contributed by atoms with Crippen LogP contribution in [0.2, 0.25) is 5.02 Å². The third-order valence-corrected chi connectivity index (χ3v) is 4.79. The first-order chi connectivity index (χ1) is 9.02. The van der Waals surface area contributed by atoms with E-state index in [9.17, 15) is 0 Å². The Hall–Kier alpha value is -0.910. The van der Waals surface area contributed by atoms with Gasteiger partial charge < -0.3 is 9.88 Å². The molecule has 1 fully saturated rings. The van der Waals surface area contributed by atoms with Crippen LogP contribution in [0, 0.1) is 4.77 Å². The number of H-pyrrole nitrogens is 1. The number of pyridine rings is 1. The van der Waals surface area contributed by atoms with Crippen molar-refractivity contribution in [2.75, 3.05) is 14.1 Å². The number of rotatable bonds is 3. The Labute approximate surface area is 122 Å². The van der Waals surface area contributed by atoms with Gasteiger partial charge in [0.1, 0.15) is 0 Å². The standard InChI is InChI=1S/C13H17ClN4S/c1-17(2)13(4-3-5-13)8-18-11-10(16-12(18)19)6-9(14)7-15-11/h6-7H,3-5,8H2,1-2H3,(H,16,19). The van der Waals surface area contributed by atoms with Gasteiger partial charge in [0.25, 0.3) is 0 Å². The number of hydrogen-bond donors (Lipinski definition) is 1. The van der Waals surface area contributed by atoms with Gasteiger partial charge in [-0.1, -0.05) is 11.6 Å². The van der Waals surface area contributed by atoms with E-state index in [4.69, 9.17) is 23.8 Å².